The molecule has 0 fully saturated rings. The van der Waals surface area contributed by atoms with Gasteiger partial charge in [-0.1, -0.05) is 6.07 Å². The maximum Gasteiger partial charge on any atom is 0.259 e. The predicted molar refractivity (Wildman–Crippen MR) is 98.1 cm³/mol. The standard InChI is InChI=1S/C16H16N4O2S2/c1-8-10(3)24-16-14(8)15(22)17-12(18-16)7-13(21)20-19-9(2)11-5-4-6-23-11/h4-6H,7H2,1-3H3,(H,20,21)(H,17,18,22)/b19-9+. The van der Waals surface area contributed by atoms with E-state index in [0.29, 0.717) is 16.0 Å². The molecule has 3 rings (SSSR count). The molecule has 0 spiro atoms. The van der Waals surface area contributed by atoms with Gasteiger partial charge in [0.1, 0.15) is 10.7 Å². The number of thiophene rings is 2. The number of fused-ring (bicyclic) bond motifs is 1. The van der Waals surface area contributed by atoms with Gasteiger partial charge in [0.15, 0.2) is 0 Å². The lowest BCUT2D eigenvalue weighted by Gasteiger charge is -2.02. The van der Waals surface area contributed by atoms with Crippen LogP contribution in [0.4, 0.5) is 0 Å². The van der Waals surface area contributed by atoms with Gasteiger partial charge in [0.25, 0.3) is 5.56 Å². The maximum absolute atomic E-state index is 12.2. The molecule has 0 atom stereocenters. The fourth-order valence-electron chi connectivity index (χ4n) is 2.26. The first-order valence-corrected chi connectivity index (χ1v) is 9.01. The van der Waals surface area contributed by atoms with Crippen molar-refractivity contribution in [3.63, 3.8) is 0 Å². The third-order valence-electron chi connectivity index (χ3n) is 3.64. The predicted octanol–water partition coefficient (Wildman–Crippen LogP) is 2.75. The number of aromatic nitrogens is 2. The van der Waals surface area contributed by atoms with E-state index in [1.54, 1.807) is 11.3 Å². The fourth-order valence-corrected chi connectivity index (χ4v) is 3.99. The van der Waals surface area contributed by atoms with Gasteiger partial charge >= 0.3 is 0 Å². The maximum atomic E-state index is 12.2. The zero-order valence-electron chi connectivity index (χ0n) is 13.5. The largest absolute Gasteiger partial charge is 0.309 e. The number of carbonyl (C=O) groups excluding carboxylic acids is 1. The Labute approximate surface area is 146 Å². The van der Waals surface area contributed by atoms with Gasteiger partial charge in [0, 0.05) is 9.75 Å². The number of aryl methyl sites for hydroxylation is 2. The Bertz CT molecular complexity index is 984. The summed E-state index contributed by atoms with van der Waals surface area (Å²) < 4.78 is 0. The van der Waals surface area contributed by atoms with Gasteiger partial charge in [-0.15, -0.1) is 22.7 Å². The van der Waals surface area contributed by atoms with Gasteiger partial charge in [-0.05, 0) is 37.8 Å². The van der Waals surface area contributed by atoms with Crippen LogP contribution >= 0.6 is 22.7 Å². The Balaban J connectivity index is 1.76. The molecule has 3 heterocycles. The summed E-state index contributed by atoms with van der Waals surface area (Å²) in [7, 11) is 0. The van der Waals surface area contributed by atoms with Crippen molar-refractivity contribution in [1.82, 2.24) is 15.4 Å². The third kappa shape index (κ3) is 3.29. The highest BCUT2D eigenvalue weighted by atomic mass is 32.1. The monoisotopic (exact) mass is 360 g/mol. The number of carbonyl (C=O) groups is 1. The number of nitrogens with zero attached hydrogens (tertiary/aromatic N) is 2. The summed E-state index contributed by atoms with van der Waals surface area (Å²) in [4.78, 5) is 34.0. The topological polar surface area (TPSA) is 87.2 Å². The highest BCUT2D eigenvalue weighted by Gasteiger charge is 2.13. The zero-order chi connectivity index (χ0) is 17.3. The summed E-state index contributed by atoms with van der Waals surface area (Å²) in [6.07, 6.45) is -0.0254. The molecule has 6 nitrogen and oxygen atoms in total. The molecule has 0 bridgehead atoms. The van der Waals surface area contributed by atoms with Crippen LogP contribution < -0.4 is 11.0 Å². The molecular weight excluding hydrogens is 344 g/mol. The molecule has 2 N–H and O–H groups in total. The normalized spacial score (nSPS) is 11.9. The summed E-state index contributed by atoms with van der Waals surface area (Å²) in [5, 5.41) is 6.63. The number of H-pyrrole nitrogens is 1. The van der Waals surface area contributed by atoms with E-state index in [4.69, 9.17) is 0 Å². The minimum absolute atomic E-state index is 0.0254. The number of rotatable bonds is 4. The number of nitrogens with one attached hydrogen (secondary N) is 2. The molecule has 3 aromatic rings. The van der Waals surface area contributed by atoms with Crippen molar-refractivity contribution < 1.29 is 4.79 Å². The van der Waals surface area contributed by atoms with E-state index in [0.717, 1.165) is 21.0 Å². The van der Waals surface area contributed by atoms with Crippen molar-refractivity contribution in [3.05, 3.63) is 49.0 Å². The smallest absolute Gasteiger partial charge is 0.259 e. The molecule has 0 aliphatic carbocycles. The summed E-state index contributed by atoms with van der Waals surface area (Å²) in [5.41, 5.74) is 3.97. The van der Waals surface area contributed by atoms with E-state index in [-0.39, 0.29) is 17.9 Å². The van der Waals surface area contributed by atoms with Crippen LogP contribution in [0.5, 0.6) is 0 Å². The molecule has 0 unspecified atom stereocenters. The van der Waals surface area contributed by atoms with Crippen LogP contribution in [0.1, 0.15) is 28.1 Å². The van der Waals surface area contributed by atoms with Crippen LogP contribution in [0.3, 0.4) is 0 Å². The second-order valence-electron chi connectivity index (χ2n) is 5.36. The Kier molecular flexibility index (Phi) is 4.59. The van der Waals surface area contributed by atoms with Crippen molar-refractivity contribution in [2.75, 3.05) is 0 Å². The number of hydrogen-bond acceptors (Lipinski definition) is 6. The van der Waals surface area contributed by atoms with Gasteiger partial charge in [-0.3, -0.25) is 9.59 Å². The van der Waals surface area contributed by atoms with Crippen LogP contribution in [0.15, 0.2) is 27.4 Å². The molecule has 0 saturated carbocycles. The lowest BCUT2D eigenvalue weighted by molar-refractivity contribution is -0.120. The summed E-state index contributed by atoms with van der Waals surface area (Å²) >= 11 is 3.01. The molecule has 0 saturated heterocycles. The second kappa shape index (κ2) is 6.66. The SMILES string of the molecule is C/C(=N\NC(=O)Cc1nc2sc(C)c(C)c2c(=O)[nH]1)c1cccs1. The van der Waals surface area contributed by atoms with Crippen molar-refractivity contribution in [2.45, 2.75) is 27.2 Å². The highest BCUT2D eigenvalue weighted by Crippen LogP contribution is 2.25. The molecule has 24 heavy (non-hydrogen) atoms. The van der Waals surface area contributed by atoms with Crippen LogP contribution in [-0.2, 0) is 11.2 Å². The van der Waals surface area contributed by atoms with Gasteiger partial charge in [-0.25, -0.2) is 10.4 Å². The number of hydrogen-bond donors (Lipinski definition) is 2. The minimum atomic E-state index is -0.321. The van der Waals surface area contributed by atoms with Crippen molar-refractivity contribution >= 4 is 44.5 Å². The first kappa shape index (κ1) is 16.5. The quantitative estimate of drug-likeness (QED) is 0.554. The summed E-state index contributed by atoms with van der Waals surface area (Å²) in [5.74, 6) is 0.0219. The third-order valence-corrected chi connectivity index (χ3v) is 5.72. The van der Waals surface area contributed by atoms with Gasteiger partial charge in [0.05, 0.1) is 17.5 Å². The van der Waals surface area contributed by atoms with Crippen LogP contribution in [0.2, 0.25) is 0 Å². The Hall–Kier alpha value is -2.32. The van der Waals surface area contributed by atoms with Crippen molar-refractivity contribution in [2.24, 2.45) is 5.10 Å². The lowest BCUT2D eigenvalue weighted by Crippen LogP contribution is -2.23. The molecule has 0 aromatic carbocycles. The average Bonchev–Trinajstić information content (AvgIpc) is 3.14. The van der Waals surface area contributed by atoms with Crippen LogP contribution in [-0.4, -0.2) is 21.6 Å². The van der Waals surface area contributed by atoms with Crippen molar-refractivity contribution in [1.29, 1.82) is 0 Å². The van der Waals surface area contributed by atoms with Gasteiger partial charge in [-0.2, -0.15) is 5.10 Å². The Morgan fingerprint density at radius 2 is 2.21 bits per heavy atom. The molecular formula is C16H16N4O2S2. The van der Waals surface area contributed by atoms with E-state index in [9.17, 15) is 9.59 Å². The molecule has 0 aliphatic heterocycles. The minimum Gasteiger partial charge on any atom is -0.309 e. The highest BCUT2D eigenvalue weighted by molar-refractivity contribution is 7.18. The van der Waals surface area contributed by atoms with E-state index < -0.39 is 0 Å². The van der Waals surface area contributed by atoms with Gasteiger partial charge < -0.3 is 4.98 Å². The first-order chi connectivity index (χ1) is 11.5. The second-order valence-corrected chi connectivity index (χ2v) is 7.51. The Morgan fingerprint density at radius 1 is 1.42 bits per heavy atom. The number of aromatic amines is 1. The van der Waals surface area contributed by atoms with E-state index in [1.807, 2.05) is 38.3 Å². The van der Waals surface area contributed by atoms with E-state index in [1.165, 1.54) is 11.3 Å². The fraction of sp³-hybridized carbons (Fsp3) is 0.250. The average molecular weight is 360 g/mol. The molecule has 0 aliphatic rings. The van der Waals surface area contributed by atoms with Crippen molar-refractivity contribution in [3.8, 4) is 0 Å². The first-order valence-electron chi connectivity index (χ1n) is 7.31. The molecule has 8 heteroatoms. The van der Waals surface area contributed by atoms with Gasteiger partial charge in [0.2, 0.25) is 5.91 Å². The number of hydrazone groups is 1. The molecule has 1 amide bonds. The molecule has 124 valence electrons. The Morgan fingerprint density at radius 3 is 2.92 bits per heavy atom. The van der Waals surface area contributed by atoms with Crippen LogP contribution in [0, 0.1) is 13.8 Å². The lowest BCUT2D eigenvalue weighted by atomic mass is 10.2. The van der Waals surface area contributed by atoms with E-state index >= 15 is 0 Å². The molecule has 0 radical (unpaired) electrons. The zero-order valence-corrected chi connectivity index (χ0v) is 15.1. The van der Waals surface area contributed by atoms with Crippen LogP contribution in [0.25, 0.3) is 10.2 Å². The number of amides is 1. The van der Waals surface area contributed by atoms with E-state index in [2.05, 4.69) is 20.5 Å². The summed E-state index contributed by atoms with van der Waals surface area (Å²) in [6.45, 7) is 5.69. The summed E-state index contributed by atoms with van der Waals surface area (Å²) in [6, 6.07) is 3.86. The molecule has 3 aromatic heterocycles.